The van der Waals surface area contributed by atoms with Gasteiger partial charge in [-0.2, -0.15) is 0 Å². The normalized spacial score (nSPS) is 16.9. The Kier molecular flexibility index (Phi) is 2.32. The van der Waals surface area contributed by atoms with Crippen molar-refractivity contribution in [2.24, 2.45) is 5.84 Å². The van der Waals surface area contributed by atoms with E-state index in [1.807, 2.05) is 6.92 Å². The summed E-state index contributed by atoms with van der Waals surface area (Å²) in [7, 11) is 0. The van der Waals surface area contributed by atoms with Crippen molar-refractivity contribution in [1.29, 1.82) is 0 Å². The summed E-state index contributed by atoms with van der Waals surface area (Å²) >= 11 is 0. The Bertz CT molecular complexity index is 387. The van der Waals surface area contributed by atoms with Crippen molar-refractivity contribution in [2.75, 3.05) is 5.43 Å². The molecule has 4 N–H and O–H groups in total. The number of aromatic nitrogens is 1. The number of rotatable bonds is 3. The van der Waals surface area contributed by atoms with Crippen LogP contribution in [0.25, 0.3) is 0 Å². The zero-order valence-corrected chi connectivity index (χ0v) is 8.58. The standard InChI is InChI=1S/C10H14N4O/c1-10(3-4-10)13-9(15)7-2-5-12-8(6-7)14-11/h2,5-6H,3-4,11H2,1H3,(H,12,14)(H,13,15). The minimum absolute atomic E-state index is 0.00331. The molecular weight excluding hydrogens is 192 g/mol. The lowest BCUT2D eigenvalue weighted by atomic mass is 10.2. The first-order chi connectivity index (χ1) is 7.13. The van der Waals surface area contributed by atoms with E-state index >= 15 is 0 Å². The van der Waals surface area contributed by atoms with Crippen LogP contribution in [0.2, 0.25) is 0 Å². The van der Waals surface area contributed by atoms with Crippen LogP contribution in [0.3, 0.4) is 0 Å². The van der Waals surface area contributed by atoms with Crippen LogP contribution in [-0.2, 0) is 0 Å². The highest BCUT2D eigenvalue weighted by atomic mass is 16.1. The molecule has 1 saturated carbocycles. The highest BCUT2D eigenvalue weighted by molar-refractivity contribution is 5.95. The maximum Gasteiger partial charge on any atom is 0.251 e. The number of nitrogens with one attached hydrogen (secondary N) is 2. The van der Waals surface area contributed by atoms with Gasteiger partial charge in [-0.15, -0.1) is 0 Å². The van der Waals surface area contributed by atoms with Crippen LogP contribution in [0.1, 0.15) is 30.1 Å². The summed E-state index contributed by atoms with van der Waals surface area (Å²) in [5, 5.41) is 2.96. The Morgan fingerprint density at radius 3 is 2.93 bits per heavy atom. The van der Waals surface area contributed by atoms with Gasteiger partial charge in [0.1, 0.15) is 5.82 Å². The molecule has 0 radical (unpaired) electrons. The topological polar surface area (TPSA) is 80.0 Å². The molecule has 1 aromatic rings. The van der Waals surface area contributed by atoms with E-state index in [4.69, 9.17) is 5.84 Å². The van der Waals surface area contributed by atoms with Crippen molar-refractivity contribution in [3.63, 3.8) is 0 Å². The average Bonchev–Trinajstić information content (AvgIpc) is 2.96. The first-order valence-corrected chi connectivity index (χ1v) is 4.88. The number of nitrogens with two attached hydrogens (primary N) is 1. The van der Waals surface area contributed by atoms with E-state index in [1.165, 1.54) is 0 Å². The number of hydrazine groups is 1. The molecule has 0 unspecified atom stereocenters. The molecule has 0 bridgehead atoms. The molecule has 1 fully saturated rings. The van der Waals surface area contributed by atoms with Gasteiger partial charge in [0.05, 0.1) is 0 Å². The molecule has 0 spiro atoms. The molecule has 0 aliphatic heterocycles. The van der Waals surface area contributed by atoms with E-state index in [1.54, 1.807) is 18.3 Å². The van der Waals surface area contributed by atoms with Gasteiger partial charge >= 0.3 is 0 Å². The van der Waals surface area contributed by atoms with Gasteiger partial charge in [0.25, 0.3) is 5.91 Å². The number of pyridine rings is 1. The Morgan fingerprint density at radius 1 is 1.60 bits per heavy atom. The molecule has 80 valence electrons. The number of anilines is 1. The van der Waals surface area contributed by atoms with E-state index in [9.17, 15) is 4.79 Å². The summed E-state index contributed by atoms with van der Waals surface area (Å²) in [5.74, 6) is 5.63. The van der Waals surface area contributed by atoms with E-state index in [0.29, 0.717) is 11.4 Å². The molecule has 5 nitrogen and oxygen atoms in total. The zero-order chi connectivity index (χ0) is 10.9. The summed E-state index contributed by atoms with van der Waals surface area (Å²) < 4.78 is 0. The van der Waals surface area contributed by atoms with Gasteiger partial charge in [-0.1, -0.05) is 0 Å². The van der Waals surface area contributed by atoms with Gasteiger partial charge in [-0.05, 0) is 31.9 Å². The first-order valence-electron chi connectivity index (χ1n) is 4.88. The fraction of sp³-hybridized carbons (Fsp3) is 0.400. The fourth-order valence-electron chi connectivity index (χ4n) is 1.31. The maximum atomic E-state index is 11.8. The van der Waals surface area contributed by atoms with Gasteiger partial charge < -0.3 is 10.7 Å². The van der Waals surface area contributed by atoms with E-state index < -0.39 is 0 Å². The van der Waals surface area contributed by atoms with Crippen molar-refractivity contribution >= 4 is 11.7 Å². The molecule has 0 saturated heterocycles. The first kappa shape index (κ1) is 9.92. The van der Waals surface area contributed by atoms with Crippen LogP contribution in [0.4, 0.5) is 5.82 Å². The van der Waals surface area contributed by atoms with E-state index in [-0.39, 0.29) is 11.4 Å². The van der Waals surface area contributed by atoms with Crippen LogP contribution in [0.15, 0.2) is 18.3 Å². The third-order valence-corrected chi connectivity index (χ3v) is 2.59. The summed E-state index contributed by atoms with van der Waals surface area (Å²) in [6.45, 7) is 2.04. The second-order valence-electron chi connectivity index (χ2n) is 4.09. The quantitative estimate of drug-likeness (QED) is 0.501. The lowest BCUT2D eigenvalue weighted by molar-refractivity contribution is 0.0935. The monoisotopic (exact) mass is 206 g/mol. The molecule has 0 atom stereocenters. The molecule has 2 rings (SSSR count). The van der Waals surface area contributed by atoms with Crippen molar-refractivity contribution in [3.05, 3.63) is 23.9 Å². The summed E-state index contributed by atoms with van der Waals surface area (Å²) in [4.78, 5) is 15.7. The van der Waals surface area contributed by atoms with Gasteiger partial charge in [-0.25, -0.2) is 10.8 Å². The second-order valence-corrected chi connectivity index (χ2v) is 4.09. The lowest BCUT2D eigenvalue weighted by Crippen LogP contribution is -2.34. The van der Waals surface area contributed by atoms with Crippen LogP contribution >= 0.6 is 0 Å². The van der Waals surface area contributed by atoms with E-state index in [2.05, 4.69) is 15.7 Å². The van der Waals surface area contributed by atoms with Gasteiger partial charge in [0, 0.05) is 17.3 Å². The van der Waals surface area contributed by atoms with Gasteiger partial charge in [-0.3, -0.25) is 4.79 Å². The largest absolute Gasteiger partial charge is 0.347 e. The molecule has 1 aliphatic carbocycles. The number of nitrogens with zero attached hydrogens (tertiary/aromatic N) is 1. The zero-order valence-electron chi connectivity index (χ0n) is 8.58. The lowest BCUT2D eigenvalue weighted by Gasteiger charge is -2.11. The molecule has 15 heavy (non-hydrogen) atoms. The smallest absolute Gasteiger partial charge is 0.251 e. The van der Waals surface area contributed by atoms with E-state index in [0.717, 1.165) is 12.8 Å². The van der Waals surface area contributed by atoms with Crippen LogP contribution in [0.5, 0.6) is 0 Å². The third-order valence-electron chi connectivity index (χ3n) is 2.59. The van der Waals surface area contributed by atoms with Crippen molar-refractivity contribution in [2.45, 2.75) is 25.3 Å². The van der Waals surface area contributed by atoms with Crippen molar-refractivity contribution in [3.8, 4) is 0 Å². The molecule has 1 aromatic heterocycles. The molecule has 1 heterocycles. The predicted octanol–water partition coefficient (Wildman–Crippen LogP) is 0.649. The third kappa shape index (κ3) is 2.24. The Balaban J connectivity index is 2.10. The minimum Gasteiger partial charge on any atom is -0.347 e. The number of hydrogen-bond donors (Lipinski definition) is 3. The van der Waals surface area contributed by atoms with Crippen LogP contribution in [-0.4, -0.2) is 16.4 Å². The second kappa shape index (κ2) is 3.51. The average molecular weight is 206 g/mol. The number of carbonyl (C=O) groups excluding carboxylic acids is 1. The Morgan fingerprint density at radius 2 is 2.33 bits per heavy atom. The molecule has 1 aliphatic rings. The van der Waals surface area contributed by atoms with Gasteiger partial charge in [0.2, 0.25) is 0 Å². The number of amides is 1. The summed E-state index contributed by atoms with van der Waals surface area (Å²) in [6, 6.07) is 3.29. The number of carbonyl (C=O) groups is 1. The highest BCUT2D eigenvalue weighted by Crippen LogP contribution is 2.34. The molecule has 0 aromatic carbocycles. The molecule has 5 heteroatoms. The van der Waals surface area contributed by atoms with Crippen LogP contribution in [0, 0.1) is 0 Å². The summed E-state index contributed by atoms with van der Waals surface area (Å²) in [6.07, 6.45) is 3.65. The SMILES string of the molecule is CC1(NC(=O)c2ccnc(NN)c2)CC1. The predicted molar refractivity (Wildman–Crippen MR) is 57.2 cm³/mol. The highest BCUT2D eigenvalue weighted by Gasteiger charge is 2.38. The maximum absolute atomic E-state index is 11.8. The molecular formula is C10H14N4O. The number of hydrogen-bond acceptors (Lipinski definition) is 4. The Hall–Kier alpha value is -1.62. The van der Waals surface area contributed by atoms with Crippen molar-refractivity contribution < 1.29 is 4.79 Å². The van der Waals surface area contributed by atoms with Gasteiger partial charge in [0.15, 0.2) is 0 Å². The van der Waals surface area contributed by atoms with Crippen molar-refractivity contribution in [1.82, 2.24) is 10.3 Å². The van der Waals surface area contributed by atoms with Crippen LogP contribution < -0.4 is 16.6 Å². The number of nitrogen functional groups attached to an aromatic ring is 1. The minimum atomic E-state index is -0.0751. The molecule has 1 amide bonds. The fourth-order valence-corrected chi connectivity index (χ4v) is 1.31. The Labute approximate surface area is 88.0 Å². The summed E-state index contributed by atoms with van der Waals surface area (Å²) in [5.41, 5.74) is 2.98.